The van der Waals surface area contributed by atoms with E-state index >= 15 is 0 Å². The number of rotatable bonds is 2. The van der Waals surface area contributed by atoms with Crippen molar-refractivity contribution in [1.29, 1.82) is 0 Å². The Hall–Kier alpha value is 1.46. The van der Waals surface area contributed by atoms with Crippen LogP contribution in [0.5, 0.6) is 0 Å². The first-order chi connectivity index (χ1) is 2.77. The van der Waals surface area contributed by atoms with E-state index in [0.29, 0.717) is 0 Å². The quantitative estimate of drug-likeness (QED) is 0.548. The Bertz CT molecular complexity index is 56.9. The molecule has 38 valence electrons. The zero-order valence-corrected chi connectivity index (χ0v) is 4.29. The number of aliphatic carboxylic acids is 1. The first-order valence-corrected chi connectivity index (χ1v) is 2.87. The topological polar surface area (TPSA) is 37.3 Å². The molecule has 0 atom stereocenters. The molecule has 0 aromatic heterocycles. The summed E-state index contributed by atoms with van der Waals surface area (Å²) >= 11 is 1.31. The molecule has 0 heterocycles. The van der Waals surface area contributed by atoms with Gasteiger partial charge in [-0.25, -0.2) is 0 Å². The minimum absolute atomic E-state index is 0. The molecule has 0 unspecified atom stereocenters. The second-order valence-electron chi connectivity index (χ2n) is 0.827. The molecule has 7 heavy (non-hydrogen) atoms. The standard InChI is InChI=1S/C3H6O2S.K.H/c1-6-2-3(4)5;;/h2H2,1H3,(H,4,5);;. The Morgan fingerprint density at radius 1 is 1.86 bits per heavy atom. The third kappa shape index (κ3) is 11.2. The molecule has 0 bridgehead atoms. The van der Waals surface area contributed by atoms with E-state index in [2.05, 4.69) is 0 Å². The molecular formula is C3H7KO2S. The van der Waals surface area contributed by atoms with Crippen LogP contribution in [0.1, 0.15) is 0 Å². The van der Waals surface area contributed by atoms with Crippen LogP contribution in [-0.4, -0.2) is 74.5 Å². The van der Waals surface area contributed by atoms with Crippen molar-refractivity contribution in [2.24, 2.45) is 0 Å². The molecule has 0 saturated heterocycles. The van der Waals surface area contributed by atoms with E-state index in [0.717, 1.165) is 0 Å². The molecule has 0 rings (SSSR count). The Balaban J connectivity index is 0. The van der Waals surface area contributed by atoms with Gasteiger partial charge in [-0.1, -0.05) is 0 Å². The summed E-state index contributed by atoms with van der Waals surface area (Å²) in [7, 11) is 0. The van der Waals surface area contributed by atoms with Crippen LogP contribution in [0.15, 0.2) is 0 Å². The number of hydrogen-bond donors (Lipinski definition) is 1. The second kappa shape index (κ2) is 7.46. The molecule has 0 aromatic rings. The van der Waals surface area contributed by atoms with Crippen molar-refractivity contribution in [1.82, 2.24) is 0 Å². The van der Waals surface area contributed by atoms with Gasteiger partial charge in [0.1, 0.15) is 0 Å². The Labute approximate surface area is 89.5 Å². The van der Waals surface area contributed by atoms with E-state index in [1.54, 1.807) is 6.26 Å². The summed E-state index contributed by atoms with van der Waals surface area (Å²) in [5.41, 5.74) is 0. The number of carboxylic acids is 1. The maximum atomic E-state index is 9.58. The van der Waals surface area contributed by atoms with Crippen LogP contribution >= 0.6 is 11.8 Å². The van der Waals surface area contributed by atoms with E-state index in [-0.39, 0.29) is 57.1 Å². The minimum atomic E-state index is -0.748. The van der Waals surface area contributed by atoms with Gasteiger partial charge in [0, 0.05) is 0 Å². The zero-order valence-electron chi connectivity index (χ0n) is 3.47. The summed E-state index contributed by atoms with van der Waals surface area (Å²) in [6.45, 7) is 0. The fourth-order valence-electron chi connectivity index (χ4n) is 0.123. The predicted octanol–water partition coefficient (Wildman–Crippen LogP) is -0.215. The van der Waals surface area contributed by atoms with Crippen molar-refractivity contribution in [2.45, 2.75) is 0 Å². The van der Waals surface area contributed by atoms with Gasteiger partial charge >= 0.3 is 57.4 Å². The average molecular weight is 146 g/mol. The summed E-state index contributed by atoms with van der Waals surface area (Å²) in [5, 5.41) is 7.89. The summed E-state index contributed by atoms with van der Waals surface area (Å²) in [5.74, 6) is -0.539. The van der Waals surface area contributed by atoms with Gasteiger partial charge in [0.2, 0.25) is 0 Å². The van der Waals surface area contributed by atoms with E-state index < -0.39 is 5.97 Å². The second-order valence-corrected chi connectivity index (χ2v) is 1.69. The molecule has 2 nitrogen and oxygen atoms in total. The van der Waals surface area contributed by atoms with Crippen LogP contribution < -0.4 is 0 Å². The van der Waals surface area contributed by atoms with Gasteiger partial charge in [-0.3, -0.25) is 4.79 Å². The van der Waals surface area contributed by atoms with Crippen molar-refractivity contribution >= 4 is 69.1 Å². The van der Waals surface area contributed by atoms with Crippen molar-refractivity contribution in [3.8, 4) is 0 Å². The number of carboxylic acid groups (broad SMARTS) is 1. The molecule has 0 aromatic carbocycles. The fraction of sp³-hybridized carbons (Fsp3) is 0.667. The van der Waals surface area contributed by atoms with Gasteiger partial charge in [-0.05, 0) is 6.26 Å². The summed E-state index contributed by atoms with van der Waals surface area (Å²) < 4.78 is 0. The van der Waals surface area contributed by atoms with Gasteiger partial charge in [-0.2, -0.15) is 11.8 Å². The van der Waals surface area contributed by atoms with Gasteiger partial charge in [-0.15, -0.1) is 0 Å². The fourth-order valence-corrected chi connectivity index (χ4v) is 0.370. The Morgan fingerprint density at radius 2 is 2.29 bits per heavy atom. The number of thioether (sulfide) groups is 1. The van der Waals surface area contributed by atoms with Gasteiger partial charge < -0.3 is 5.11 Å². The van der Waals surface area contributed by atoms with Gasteiger partial charge in [0.25, 0.3) is 0 Å². The summed E-state index contributed by atoms with van der Waals surface area (Å²) in [6.07, 6.45) is 1.76. The van der Waals surface area contributed by atoms with Crippen molar-refractivity contribution in [3.05, 3.63) is 0 Å². The Kier molecular flexibility index (Phi) is 12.0. The van der Waals surface area contributed by atoms with Crippen LogP contribution in [0.2, 0.25) is 0 Å². The first-order valence-electron chi connectivity index (χ1n) is 1.48. The maximum absolute atomic E-state index is 9.58. The average Bonchev–Trinajstić information content (AvgIpc) is 1.35. The van der Waals surface area contributed by atoms with E-state index in [9.17, 15) is 4.79 Å². The van der Waals surface area contributed by atoms with Crippen molar-refractivity contribution in [2.75, 3.05) is 12.0 Å². The number of carbonyl (C=O) groups is 1. The molecule has 0 fully saturated rings. The van der Waals surface area contributed by atoms with E-state index in [1.807, 2.05) is 0 Å². The third-order valence-corrected chi connectivity index (χ3v) is 0.803. The molecule has 0 aliphatic carbocycles. The summed E-state index contributed by atoms with van der Waals surface area (Å²) in [6, 6.07) is 0. The van der Waals surface area contributed by atoms with Crippen LogP contribution in [0.4, 0.5) is 0 Å². The monoisotopic (exact) mass is 146 g/mol. The van der Waals surface area contributed by atoms with Crippen LogP contribution in [-0.2, 0) is 4.79 Å². The molecule has 0 radical (unpaired) electrons. The zero-order chi connectivity index (χ0) is 4.99. The first kappa shape index (κ1) is 11.3. The van der Waals surface area contributed by atoms with Crippen LogP contribution in [0.25, 0.3) is 0 Å². The molecule has 0 aliphatic rings. The van der Waals surface area contributed by atoms with Gasteiger partial charge in [0.15, 0.2) is 0 Å². The molecule has 1 N–H and O–H groups in total. The third-order valence-electron chi connectivity index (χ3n) is 0.268. The molecule has 0 spiro atoms. The molecule has 4 heteroatoms. The molecule has 0 saturated carbocycles. The van der Waals surface area contributed by atoms with E-state index in [4.69, 9.17) is 5.11 Å². The van der Waals surface area contributed by atoms with E-state index in [1.165, 1.54) is 11.8 Å². The number of hydrogen-bond acceptors (Lipinski definition) is 2. The SMILES string of the molecule is CSCC(=O)O.[KH]. The van der Waals surface area contributed by atoms with Crippen molar-refractivity contribution < 1.29 is 9.90 Å². The normalized spacial score (nSPS) is 7.00. The molecule has 0 aliphatic heterocycles. The van der Waals surface area contributed by atoms with Crippen molar-refractivity contribution in [3.63, 3.8) is 0 Å². The predicted molar refractivity (Wildman–Crippen MR) is 33.2 cm³/mol. The Morgan fingerprint density at radius 3 is 2.29 bits per heavy atom. The van der Waals surface area contributed by atoms with Crippen LogP contribution in [0, 0.1) is 0 Å². The van der Waals surface area contributed by atoms with Gasteiger partial charge in [0.05, 0.1) is 5.75 Å². The van der Waals surface area contributed by atoms with Crippen LogP contribution in [0.3, 0.4) is 0 Å². The molecule has 0 amide bonds. The molecular weight excluding hydrogens is 139 g/mol. The summed E-state index contributed by atoms with van der Waals surface area (Å²) in [4.78, 5) is 9.58.